The smallest absolute Gasteiger partial charge is 0.163 e. The van der Waals surface area contributed by atoms with Crippen molar-refractivity contribution in [3.63, 3.8) is 0 Å². The van der Waals surface area contributed by atoms with Crippen LogP contribution in [0, 0.1) is 0 Å². The predicted molar refractivity (Wildman–Crippen MR) is 79.5 cm³/mol. The fourth-order valence-electron chi connectivity index (χ4n) is 3.40. The van der Waals surface area contributed by atoms with Crippen molar-refractivity contribution < 1.29 is 14.6 Å². The molecule has 8 heteroatoms. The standard InChI is InChI=1S/C14H17ClN4O3/c1-14(2)21-11-7(4-20)19-9(12(11)22-14)6-3-16-10-8(6)17-5-18-13(10)15/h3,5,7,9,11-12,16,19-20H,4H2,1-2H3. The van der Waals surface area contributed by atoms with Crippen molar-refractivity contribution in [2.24, 2.45) is 0 Å². The molecule has 2 aromatic heterocycles. The molecular weight excluding hydrogens is 308 g/mol. The van der Waals surface area contributed by atoms with E-state index in [0.717, 1.165) is 11.1 Å². The van der Waals surface area contributed by atoms with E-state index in [2.05, 4.69) is 20.3 Å². The van der Waals surface area contributed by atoms with Crippen LogP contribution in [0.25, 0.3) is 11.0 Å². The number of nitrogens with one attached hydrogen (secondary N) is 2. The fourth-order valence-corrected chi connectivity index (χ4v) is 3.58. The van der Waals surface area contributed by atoms with E-state index in [9.17, 15) is 5.11 Å². The van der Waals surface area contributed by atoms with Gasteiger partial charge < -0.3 is 24.9 Å². The van der Waals surface area contributed by atoms with Crippen LogP contribution in [0.4, 0.5) is 0 Å². The van der Waals surface area contributed by atoms with Gasteiger partial charge in [0, 0.05) is 11.8 Å². The van der Waals surface area contributed by atoms with Gasteiger partial charge in [-0.1, -0.05) is 11.6 Å². The second kappa shape index (κ2) is 4.87. The maximum atomic E-state index is 9.60. The van der Waals surface area contributed by atoms with Crippen molar-refractivity contribution in [1.29, 1.82) is 0 Å². The lowest BCUT2D eigenvalue weighted by Crippen LogP contribution is -2.38. The van der Waals surface area contributed by atoms with Crippen LogP contribution in [0.2, 0.25) is 5.15 Å². The summed E-state index contributed by atoms with van der Waals surface area (Å²) in [6, 6.07) is -0.317. The van der Waals surface area contributed by atoms with E-state index in [1.54, 1.807) is 0 Å². The Labute approximate surface area is 132 Å². The highest BCUT2D eigenvalue weighted by atomic mass is 35.5. The normalized spacial score (nSPS) is 33.5. The summed E-state index contributed by atoms with van der Waals surface area (Å²) in [4.78, 5) is 11.4. The number of aliphatic hydroxyl groups excluding tert-OH is 1. The molecule has 4 unspecified atom stereocenters. The van der Waals surface area contributed by atoms with E-state index < -0.39 is 5.79 Å². The topological polar surface area (TPSA) is 92.3 Å². The first-order valence-corrected chi connectivity index (χ1v) is 7.58. The second-order valence-corrected chi connectivity index (χ2v) is 6.49. The van der Waals surface area contributed by atoms with Gasteiger partial charge in [-0.3, -0.25) is 0 Å². The molecular formula is C14H17ClN4O3. The molecule has 2 fully saturated rings. The third-order valence-corrected chi connectivity index (χ3v) is 4.55. The molecule has 2 aliphatic heterocycles. The van der Waals surface area contributed by atoms with Crippen LogP contribution < -0.4 is 5.32 Å². The highest BCUT2D eigenvalue weighted by molar-refractivity contribution is 6.33. The average molecular weight is 325 g/mol. The van der Waals surface area contributed by atoms with Gasteiger partial charge in [0.2, 0.25) is 0 Å². The largest absolute Gasteiger partial charge is 0.395 e. The maximum absolute atomic E-state index is 9.60. The van der Waals surface area contributed by atoms with Crippen LogP contribution in [0.15, 0.2) is 12.5 Å². The number of nitrogens with zero attached hydrogens (tertiary/aromatic N) is 2. The molecule has 118 valence electrons. The SMILES string of the molecule is CC1(C)OC2C(CO)NC(c3c[nH]c4c(Cl)ncnc34)C2O1. The molecule has 0 radical (unpaired) electrons. The lowest BCUT2D eigenvalue weighted by molar-refractivity contribution is -0.157. The number of ether oxygens (including phenoxy) is 2. The summed E-state index contributed by atoms with van der Waals surface area (Å²) < 4.78 is 12.0. The fraction of sp³-hybridized carbons (Fsp3) is 0.571. The van der Waals surface area contributed by atoms with Crippen molar-refractivity contribution in [2.45, 2.75) is 43.9 Å². The van der Waals surface area contributed by atoms with Gasteiger partial charge in [-0.15, -0.1) is 0 Å². The molecule has 2 saturated heterocycles. The highest BCUT2D eigenvalue weighted by Crippen LogP contribution is 2.42. The minimum Gasteiger partial charge on any atom is -0.395 e. The molecule has 0 amide bonds. The highest BCUT2D eigenvalue weighted by Gasteiger charge is 2.54. The summed E-state index contributed by atoms with van der Waals surface area (Å²) in [5.74, 6) is -0.665. The van der Waals surface area contributed by atoms with Crippen LogP contribution >= 0.6 is 11.6 Å². The van der Waals surface area contributed by atoms with Crippen molar-refractivity contribution in [2.75, 3.05) is 6.61 Å². The first-order chi connectivity index (χ1) is 10.5. The zero-order valence-corrected chi connectivity index (χ0v) is 13.0. The van der Waals surface area contributed by atoms with Gasteiger partial charge in [0.15, 0.2) is 10.9 Å². The number of hydrogen-bond acceptors (Lipinski definition) is 6. The quantitative estimate of drug-likeness (QED) is 0.717. The maximum Gasteiger partial charge on any atom is 0.163 e. The number of rotatable bonds is 2. The monoisotopic (exact) mass is 324 g/mol. The Morgan fingerprint density at radius 1 is 1.32 bits per heavy atom. The number of halogens is 1. The lowest BCUT2D eigenvalue weighted by Gasteiger charge is -2.23. The molecule has 0 aromatic carbocycles. The molecule has 4 atom stereocenters. The third kappa shape index (κ3) is 2.04. The van der Waals surface area contributed by atoms with E-state index in [1.807, 2.05) is 20.0 Å². The molecule has 0 spiro atoms. The molecule has 0 bridgehead atoms. The van der Waals surface area contributed by atoms with Crippen LogP contribution in [-0.4, -0.2) is 50.7 Å². The number of aliphatic hydroxyl groups is 1. The molecule has 3 N–H and O–H groups in total. The van der Waals surface area contributed by atoms with E-state index in [-0.39, 0.29) is 30.9 Å². The predicted octanol–water partition coefficient (Wildman–Crippen LogP) is 1.14. The number of aromatic amines is 1. The summed E-state index contributed by atoms with van der Waals surface area (Å²) in [7, 11) is 0. The van der Waals surface area contributed by atoms with E-state index in [0.29, 0.717) is 10.7 Å². The molecule has 0 aliphatic carbocycles. The Morgan fingerprint density at radius 2 is 2.09 bits per heavy atom. The summed E-state index contributed by atoms with van der Waals surface area (Å²) in [5, 5.41) is 13.4. The van der Waals surface area contributed by atoms with E-state index >= 15 is 0 Å². The number of fused-ring (bicyclic) bond motifs is 2. The average Bonchev–Trinajstić information content (AvgIpc) is 3.10. The number of aromatic nitrogens is 3. The Kier molecular flexibility index (Phi) is 3.18. The van der Waals surface area contributed by atoms with E-state index in [4.69, 9.17) is 21.1 Å². The van der Waals surface area contributed by atoms with Crippen molar-refractivity contribution >= 4 is 22.6 Å². The second-order valence-electron chi connectivity index (χ2n) is 6.13. The molecule has 7 nitrogen and oxygen atoms in total. The van der Waals surface area contributed by atoms with Crippen molar-refractivity contribution in [1.82, 2.24) is 20.3 Å². The van der Waals surface area contributed by atoms with E-state index in [1.165, 1.54) is 6.33 Å². The van der Waals surface area contributed by atoms with Crippen LogP contribution in [-0.2, 0) is 9.47 Å². The van der Waals surface area contributed by atoms with Crippen LogP contribution in [0.5, 0.6) is 0 Å². The first-order valence-electron chi connectivity index (χ1n) is 7.20. The molecule has 4 heterocycles. The molecule has 0 saturated carbocycles. The first kappa shape index (κ1) is 14.3. The Balaban J connectivity index is 1.77. The van der Waals surface area contributed by atoms with Gasteiger partial charge in [0.05, 0.1) is 24.2 Å². The van der Waals surface area contributed by atoms with Gasteiger partial charge in [0.25, 0.3) is 0 Å². The summed E-state index contributed by atoms with van der Waals surface area (Å²) in [5.41, 5.74) is 2.39. The van der Waals surface area contributed by atoms with Gasteiger partial charge in [0.1, 0.15) is 24.1 Å². The summed E-state index contributed by atoms with van der Waals surface area (Å²) in [6.07, 6.45) is 2.90. The van der Waals surface area contributed by atoms with Crippen molar-refractivity contribution in [3.8, 4) is 0 Å². The lowest BCUT2D eigenvalue weighted by atomic mass is 10.0. The van der Waals surface area contributed by atoms with Crippen LogP contribution in [0.3, 0.4) is 0 Å². The summed E-state index contributed by atoms with van der Waals surface area (Å²) in [6.45, 7) is 3.74. The molecule has 4 rings (SSSR count). The van der Waals surface area contributed by atoms with Gasteiger partial charge in [-0.05, 0) is 13.8 Å². The minimum atomic E-state index is -0.665. The zero-order valence-electron chi connectivity index (χ0n) is 12.2. The minimum absolute atomic E-state index is 0.0186. The Morgan fingerprint density at radius 3 is 2.86 bits per heavy atom. The summed E-state index contributed by atoms with van der Waals surface area (Å²) >= 11 is 6.09. The van der Waals surface area contributed by atoms with Gasteiger partial charge in [-0.25, -0.2) is 9.97 Å². The zero-order chi connectivity index (χ0) is 15.5. The molecule has 2 aromatic rings. The number of hydrogen-bond donors (Lipinski definition) is 3. The molecule has 22 heavy (non-hydrogen) atoms. The van der Waals surface area contributed by atoms with Gasteiger partial charge >= 0.3 is 0 Å². The van der Waals surface area contributed by atoms with Crippen LogP contribution in [0.1, 0.15) is 25.5 Å². The molecule has 2 aliphatic rings. The number of H-pyrrole nitrogens is 1. The third-order valence-electron chi connectivity index (χ3n) is 4.26. The Bertz CT molecular complexity index is 719. The van der Waals surface area contributed by atoms with Gasteiger partial charge in [-0.2, -0.15) is 0 Å². The van der Waals surface area contributed by atoms with Crippen molar-refractivity contribution in [3.05, 3.63) is 23.2 Å². The Hall–Kier alpha value is -1.25.